The fourth-order valence-electron chi connectivity index (χ4n) is 4.04. The summed E-state index contributed by atoms with van der Waals surface area (Å²) >= 11 is 6.10. The molecule has 1 aliphatic heterocycles. The summed E-state index contributed by atoms with van der Waals surface area (Å²) in [4.78, 5) is 23.1. The number of likely N-dealkylation sites (N-methyl/N-ethyl adjacent to an activating group) is 1. The number of anilines is 5. The van der Waals surface area contributed by atoms with Crippen LogP contribution in [0.2, 0.25) is 5.15 Å². The number of hydrogen-bond acceptors (Lipinski definition) is 9. The summed E-state index contributed by atoms with van der Waals surface area (Å²) in [6.07, 6.45) is 4.55. The van der Waals surface area contributed by atoms with Gasteiger partial charge in [-0.3, -0.25) is 4.90 Å². The topological polar surface area (TPSA) is 99.3 Å². The first-order valence-corrected chi connectivity index (χ1v) is 11.4. The van der Waals surface area contributed by atoms with Gasteiger partial charge in [0.05, 0.1) is 11.4 Å². The molecule has 9 nitrogen and oxygen atoms in total. The molecule has 3 aromatic rings. The zero-order chi connectivity index (χ0) is 24.6. The largest absolute Gasteiger partial charge is 0.393 e. The average molecular weight is 486 g/mol. The highest BCUT2D eigenvalue weighted by atomic mass is 35.5. The van der Waals surface area contributed by atoms with Crippen LogP contribution < -0.4 is 20.9 Å². The molecule has 3 N–H and O–H groups in total. The van der Waals surface area contributed by atoms with Crippen LogP contribution in [0.4, 0.5) is 33.2 Å². The van der Waals surface area contributed by atoms with E-state index in [4.69, 9.17) is 17.3 Å². The molecule has 0 unspecified atom stereocenters. The third-order valence-corrected chi connectivity index (χ3v) is 6.52. The van der Waals surface area contributed by atoms with Gasteiger partial charge in [-0.05, 0) is 33.0 Å². The van der Waals surface area contributed by atoms with E-state index in [9.17, 15) is 0 Å². The number of benzene rings is 1. The molecule has 3 heterocycles. The SMILES string of the molecule is C[C@@H]1CN(c2cc(F)c(-c3cnc(N(C)C)nc3)cc2Nc2ncnc(Cl)c2N)C[C@H](C)N1C. The lowest BCUT2D eigenvalue weighted by molar-refractivity contribution is 0.170. The average Bonchev–Trinajstić information content (AvgIpc) is 2.81. The summed E-state index contributed by atoms with van der Waals surface area (Å²) in [5.41, 5.74) is 8.62. The standard InChI is InChI=1S/C23H29ClFN9/c1-13-10-34(11-14(2)33(13)5)19-7-17(25)16(15-8-27-23(28-9-15)32(3)4)6-18(19)31-22-20(26)21(24)29-12-30-22/h6-9,12-14H,10-11,26H2,1-5H3,(H,29,30,31)/t13-,14+. The number of halogens is 2. The number of nitrogens with zero attached hydrogens (tertiary/aromatic N) is 7. The van der Waals surface area contributed by atoms with Crippen molar-refractivity contribution in [2.75, 3.05) is 55.1 Å². The van der Waals surface area contributed by atoms with Gasteiger partial charge in [0, 0.05) is 62.8 Å². The van der Waals surface area contributed by atoms with E-state index in [1.165, 1.54) is 6.33 Å². The first-order chi connectivity index (χ1) is 16.2. The molecule has 2 aromatic heterocycles. The van der Waals surface area contributed by atoms with E-state index in [0.717, 1.165) is 13.1 Å². The van der Waals surface area contributed by atoms with E-state index in [1.54, 1.807) is 29.4 Å². The third kappa shape index (κ3) is 4.69. The van der Waals surface area contributed by atoms with Crippen molar-refractivity contribution in [3.8, 4) is 11.1 Å². The molecule has 1 fully saturated rings. The Kier molecular flexibility index (Phi) is 6.72. The van der Waals surface area contributed by atoms with Crippen LogP contribution in [0, 0.1) is 5.82 Å². The number of nitrogens with one attached hydrogen (secondary N) is 1. The number of hydrogen-bond donors (Lipinski definition) is 2. The first-order valence-electron chi connectivity index (χ1n) is 11.0. The van der Waals surface area contributed by atoms with Gasteiger partial charge in [0.1, 0.15) is 17.8 Å². The highest BCUT2D eigenvalue weighted by Crippen LogP contribution is 2.38. The molecular formula is C23H29ClFN9. The lowest BCUT2D eigenvalue weighted by atomic mass is 10.0. The normalized spacial score (nSPS) is 18.7. The maximum atomic E-state index is 15.5. The fraction of sp³-hybridized carbons (Fsp3) is 0.391. The van der Waals surface area contributed by atoms with E-state index in [2.05, 4.69) is 55.9 Å². The van der Waals surface area contributed by atoms with E-state index in [0.29, 0.717) is 46.4 Å². The molecule has 4 rings (SSSR count). The van der Waals surface area contributed by atoms with Crippen molar-refractivity contribution in [3.05, 3.63) is 41.8 Å². The molecule has 0 amide bonds. The van der Waals surface area contributed by atoms with Crippen molar-refractivity contribution in [2.24, 2.45) is 0 Å². The highest BCUT2D eigenvalue weighted by molar-refractivity contribution is 6.32. The van der Waals surface area contributed by atoms with Crippen LogP contribution in [0.5, 0.6) is 0 Å². The lowest BCUT2D eigenvalue weighted by Gasteiger charge is -2.44. The number of nitrogens with two attached hydrogens (primary N) is 1. The molecule has 180 valence electrons. The van der Waals surface area contributed by atoms with Gasteiger partial charge in [0.2, 0.25) is 5.95 Å². The van der Waals surface area contributed by atoms with Gasteiger partial charge in [-0.2, -0.15) is 0 Å². The Morgan fingerprint density at radius 1 is 1.09 bits per heavy atom. The molecular weight excluding hydrogens is 457 g/mol. The zero-order valence-electron chi connectivity index (χ0n) is 19.9. The van der Waals surface area contributed by atoms with E-state index in [-0.39, 0.29) is 16.7 Å². The summed E-state index contributed by atoms with van der Waals surface area (Å²) in [5, 5.41) is 3.40. The summed E-state index contributed by atoms with van der Waals surface area (Å²) in [7, 11) is 5.81. The summed E-state index contributed by atoms with van der Waals surface area (Å²) in [6, 6.07) is 3.87. The molecule has 1 saturated heterocycles. The molecule has 34 heavy (non-hydrogen) atoms. The molecule has 0 radical (unpaired) electrons. The summed E-state index contributed by atoms with van der Waals surface area (Å²) in [6.45, 7) is 5.81. The molecule has 0 aliphatic carbocycles. The molecule has 0 bridgehead atoms. The maximum absolute atomic E-state index is 15.5. The second-order valence-electron chi connectivity index (χ2n) is 8.84. The Bertz CT molecular complexity index is 1160. The van der Waals surface area contributed by atoms with Crippen molar-refractivity contribution in [1.82, 2.24) is 24.8 Å². The minimum Gasteiger partial charge on any atom is -0.393 e. The molecule has 11 heteroatoms. The molecule has 1 aliphatic rings. The molecule has 0 saturated carbocycles. The minimum absolute atomic E-state index is 0.149. The quantitative estimate of drug-likeness (QED) is 0.524. The Balaban J connectivity index is 1.80. The number of piperazine rings is 1. The third-order valence-electron chi connectivity index (χ3n) is 6.22. The second-order valence-corrected chi connectivity index (χ2v) is 9.19. The predicted octanol–water partition coefficient (Wildman–Crippen LogP) is 3.65. The van der Waals surface area contributed by atoms with Gasteiger partial charge in [0.25, 0.3) is 0 Å². The highest BCUT2D eigenvalue weighted by Gasteiger charge is 2.29. The van der Waals surface area contributed by atoms with Crippen LogP contribution in [0.1, 0.15) is 13.8 Å². The Labute approximate surface area is 203 Å². The number of rotatable bonds is 5. The van der Waals surface area contributed by atoms with Gasteiger partial charge in [-0.1, -0.05) is 11.6 Å². The van der Waals surface area contributed by atoms with Gasteiger partial charge in [-0.25, -0.2) is 24.3 Å². The first kappa shape index (κ1) is 23.9. The smallest absolute Gasteiger partial charge is 0.224 e. The lowest BCUT2D eigenvalue weighted by Crippen LogP contribution is -2.55. The van der Waals surface area contributed by atoms with Crippen molar-refractivity contribution < 1.29 is 4.39 Å². The summed E-state index contributed by atoms with van der Waals surface area (Å²) in [5.74, 6) is 0.533. The van der Waals surface area contributed by atoms with Crippen LogP contribution in [-0.2, 0) is 0 Å². The molecule has 2 atom stereocenters. The van der Waals surface area contributed by atoms with E-state index < -0.39 is 0 Å². The molecule has 1 aromatic carbocycles. The van der Waals surface area contributed by atoms with Crippen LogP contribution in [0.3, 0.4) is 0 Å². The van der Waals surface area contributed by atoms with Crippen molar-refractivity contribution in [3.63, 3.8) is 0 Å². The second kappa shape index (κ2) is 9.55. The Morgan fingerprint density at radius 3 is 2.35 bits per heavy atom. The van der Waals surface area contributed by atoms with E-state index >= 15 is 4.39 Å². The van der Waals surface area contributed by atoms with Crippen LogP contribution in [0.25, 0.3) is 11.1 Å². The minimum atomic E-state index is -0.366. The number of aromatic nitrogens is 4. The zero-order valence-corrected chi connectivity index (χ0v) is 20.7. The van der Waals surface area contributed by atoms with E-state index in [1.807, 2.05) is 14.1 Å². The van der Waals surface area contributed by atoms with Gasteiger partial charge in [-0.15, -0.1) is 0 Å². The van der Waals surface area contributed by atoms with Crippen LogP contribution in [0.15, 0.2) is 30.9 Å². The summed E-state index contributed by atoms with van der Waals surface area (Å²) < 4.78 is 15.5. The predicted molar refractivity (Wildman–Crippen MR) is 135 cm³/mol. The van der Waals surface area contributed by atoms with Crippen molar-refractivity contribution in [2.45, 2.75) is 25.9 Å². The Morgan fingerprint density at radius 2 is 1.74 bits per heavy atom. The van der Waals surface area contributed by atoms with Gasteiger partial charge < -0.3 is 20.9 Å². The van der Waals surface area contributed by atoms with Crippen molar-refractivity contribution >= 4 is 40.4 Å². The molecule has 0 spiro atoms. The van der Waals surface area contributed by atoms with Crippen molar-refractivity contribution in [1.29, 1.82) is 0 Å². The van der Waals surface area contributed by atoms with Gasteiger partial charge >= 0.3 is 0 Å². The Hall–Kier alpha value is -3.24. The number of nitrogen functional groups attached to an aromatic ring is 1. The van der Waals surface area contributed by atoms with Crippen LogP contribution in [-0.4, -0.2) is 71.2 Å². The maximum Gasteiger partial charge on any atom is 0.224 e. The fourth-order valence-corrected chi connectivity index (χ4v) is 4.17. The van der Waals surface area contributed by atoms with Crippen LogP contribution >= 0.6 is 11.6 Å². The monoisotopic (exact) mass is 485 g/mol. The van der Waals surface area contributed by atoms with Gasteiger partial charge in [0.15, 0.2) is 11.0 Å².